The molecule has 2 atom stereocenters. The quantitative estimate of drug-likeness (QED) is 0.922. The van der Waals surface area contributed by atoms with E-state index in [2.05, 4.69) is 17.1 Å². The topological polar surface area (TPSA) is 52.7 Å². The summed E-state index contributed by atoms with van der Waals surface area (Å²) in [6.07, 6.45) is 1.85. The Labute approximate surface area is 145 Å². The van der Waals surface area contributed by atoms with Crippen molar-refractivity contribution in [3.63, 3.8) is 0 Å². The molecule has 1 fully saturated rings. The first-order valence-corrected chi connectivity index (χ1v) is 8.63. The van der Waals surface area contributed by atoms with Crippen molar-refractivity contribution in [2.45, 2.75) is 39.7 Å². The highest BCUT2D eigenvalue weighted by Crippen LogP contribution is 2.21. The van der Waals surface area contributed by atoms with Crippen LogP contribution in [-0.2, 0) is 9.59 Å². The number of carbonyl (C=O) groups is 2. The van der Waals surface area contributed by atoms with E-state index in [0.717, 1.165) is 30.6 Å². The number of carbonyl (C=O) groups excluding carboxylic acids is 2. The molecule has 5 heteroatoms. The fourth-order valence-electron chi connectivity index (χ4n) is 3.16. The van der Waals surface area contributed by atoms with Crippen LogP contribution in [0, 0.1) is 19.8 Å². The summed E-state index contributed by atoms with van der Waals surface area (Å²) in [5, 5.41) is 3.00. The van der Waals surface area contributed by atoms with Crippen molar-refractivity contribution in [3.8, 4) is 0 Å². The molecule has 1 aliphatic heterocycles. The van der Waals surface area contributed by atoms with Crippen molar-refractivity contribution >= 4 is 17.5 Å². The third-order valence-electron chi connectivity index (χ3n) is 4.94. The number of aryl methyl sites for hydroxylation is 2. The van der Waals surface area contributed by atoms with Crippen LogP contribution in [0.3, 0.4) is 0 Å². The van der Waals surface area contributed by atoms with Gasteiger partial charge in [-0.15, -0.1) is 0 Å². The summed E-state index contributed by atoms with van der Waals surface area (Å²) in [4.78, 5) is 28.5. The van der Waals surface area contributed by atoms with E-state index in [4.69, 9.17) is 0 Å². The maximum atomic E-state index is 12.6. The van der Waals surface area contributed by atoms with E-state index in [9.17, 15) is 9.59 Å². The van der Waals surface area contributed by atoms with Gasteiger partial charge < -0.3 is 10.2 Å². The maximum absolute atomic E-state index is 12.6. The number of rotatable bonds is 4. The molecule has 0 radical (unpaired) electrons. The number of hydrogen-bond acceptors (Lipinski definition) is 3. The molecule has 0 spiro atoms. The van der Waals surface area contributed by atoms with Gasteiger partial charge in [0.25, 0.3) is 0 Å². The van der Waals surface area contributed by atoms with Crippen LogP contribution in [0.15, 0.2) is 18.2 Å². The van der Waals surface area contributed by atoms with E-state index in [1.165, 1.54) is 5.56 Å². The Morgan fingerprint density at radius 1 is 1.25 bits per heavy atom. The van der Waals surface area contributed by atoms with E-state index in [1.807, 2.05) is 32.0 Å². The molecule has 1 aliphatic rings. The summed E-state index contributed by atoms with van der Waals surface area (Å²) in [5.41, 5.74) is 3.20. The van der Waals surface area contributed by atoms with Crippen molar-refractivity contribution < 1.29 is 9.59 Å². The molecule has 1 N–H and O–H groups in total. The van der Waals surface area contributed by atoms with Crippen molar-refractivity contribution in [1.82, 2.24) is 9.80 Å². The number of hydrogen-bond donors (Lipinski definition) is 1. The van der Waals surface area contributed by atoms with Crippen molar-refractivity contribution in [1.29, 1.82) is 0 Å². The van der Waals surface area contributed by atoms with Gasteiger partial charge in [0.1, 0.15) is 0 Å². The second-order valence-electron chi connectivity index (χ2n) is 7.03. The number of likely N-dealkylation sites (tertiary alicyclic amines) is 1. The summed E-state index contributed by atoms with van der Waals surface area (Å²) >= 11 is 0. The molecule has 0 saturated carbocycles. The molecule has 24 heavy (non-hydrogen) atoms. The second kappa shape index (κ2) is 7.79. The monoisotopic (exact) mass is 331 g/mol. The summed E-state index contributed by atoms with van der Waals surface area (Å²) in [6.45, 7) is 7.52. The maximum Gasteiger partial charge on any atom is 0.241 e. The molecular formula is C19H29N3O2. The van der Waals surface area contributed by atoms with Gasteiger partial charge in [-0.3, -0.25) is 14.5 Å². The molecule has 2 unspecified atom stereocenters. The number of amides is 2. The molecule has 2 rings (SSSR count). The lowest BCUT2D eigenvalue weighted by molar-refractivity contribution is -0.136. The molecule has 0 aliphatic carbocycles. The van der Waals surface area contributed by atoms with E-state index >= 15 is 0 Å². The summed E-state index contributed by atoms with van der Waals surface area (Å²) in [5.74, 6) is 0.128. The van der Waals surface area contributed by atoms with Gasteiger partial charge in [-0.1, -0.05) is 6.07 Å². The predicted octanol–water partition coefficient (Wildman–Crippen LogP) is 2.43. The first-order valence-electron chi connectivity index (χ1n) is 8.63. The van der Waals surface area contributed by atoms with E-state index < -0.39 is 0 Å². The first kappa shape index (κ1) is 18.5. The van der Waals surface area contributed by atoms with Gasteiger partial charge in [0, 0.05) is 26.3 Å². The van der Waals surface area contributed by atoms with Crippen molar-refractivity contribution in [3.05, 3.63) is 29.3 Å². The largest absolute Gasteiger partial charge is 0.349 e. The summed E-state index contributed by atoms with van der Waals surface area (Å²) in [7, 11) is 3.58. The Morgan fingerprint density at radius 2 is 1.96 bits per heavy atom. The summed E-state index contributed by atoms with van der Waals surface area (Å²) < 4.78 is 0. The van der Waals surface area contributed by atoms with Crippen molar-refractivity contribution in [2.24, 2.45) is 5.92 Å². The molecule has 1 aromatic carbocycles. The lowest BCUT2D eigenvalue weighted by Gasteiger charge is -2.36. The Balaban J connectivity index is 1.99. The minimum Gasteiger partial charge on any atom is -0.349 e. The molecule has 2 amide bonds. The molecule has 132 valence electrons. The average Bonchev–Trinajstić information content (AvgIpc) is 2.56. The van der Waals surface area contributed by atoms with Gasteiger partial charge >= 0.3 is 0 Å². The molecule has 1 aromatic rings. The third kappa shape index (κ3) is 4.35. The Morgan fingerprint density at radius 3 is 2.58 bits per heavy atom. The van der Waals surface area contributed by atoms with Crippen LogP contribution in [0.4, 0.5) is 5.69 Å². The van der Waals surface area contributed by atoms with Gasteiger partial charge in [-0.2, -0.15) is 0 Å². The highest BCUT2D eigenvalue weighted by Gasteiger charge is 2.31. The highest BCUT2D eigenvalue weighted by atomic mass is 16.2. The fourth-order valence-corrected chi connectivity index (χ4v) is 3.16. The van der Waals surface area contributed by atoms with Gasteiger partial charge in [0.2, 0.25) is 11.8 Å². The Kier molecular flexibility index (Phi) is 5.99. The molecule has 0 bridgehead atoms. The number of piperidine rings is 1. The highest BCUT2D eigenvalue weighted by molar-refractivity contribution is 5.94. The zero-order valence-corrected chi connectivity index (χ0v) is 15.4. The van der Waals surface area contributed by atoms with Gasteiger partial charge in [-0.05, 0) is 63.4 Å². The fraction of sp³-hybridized carbons (Fsp3) is 0.579. The normalized spacial score (nSPS) is 19.6. The lowest BCUT2D eigenvalue weighted by atomic mass is 9.95. The lowest BCUT2D eigenvalue weighted by Crippen LogP contribution is -2.49. The standard InChI is InChI=1S/C19H29N3O2/c1-13-8-9-17(11-14(13)2)20-18(23)15(3)22-10-6-7-16(12-22)19(24)21(4)5/h8-9,11,15-16H,6-7,10,12H2,1-5H3,(H,20,23). The average molecular weight is 331 g/mol. The zero-order chi connectivity index (χ0) is 17.9. The van der Waals surface area contributed by atoms with Gasteiger partial charge in [0.15, 0.2) is 0 Å². The minimum atomic E-state index is -0.246. The number of benzene rings is 1. The number of anilines is 1. The molecule has 0 aromatic heterocycles. The molecule has 5 nitrogen and oxygen atoms in total. The van der Waals surface area contributed by atoms with Crippen LogP contribution < -0.4 is 5.32 Å². The second-order valence-corrected chi connectivity index (χ2v) is 7.03. The van der Waals surface area contributed by atoms with Gasteiger partial charge in [-0.25, -0.2) is 0 Å². The van der Waals surface area contributed by atoms with Crippen LogP contribution >= 0.6 is 0 Å². The third-order valence-corrected chi connectivity index (χ3v) is 4.94. The van der Waals surface area contributed by atoms with Crippen LogP contribution in [0.1, 0.15) is 30.9 Å². The Bertz CT molecular complexity index is 613. The van der Waals surface area contributed by atoms with E-state index in [1.54, 1.807) is 19.0 Å². The van der Waals surface area contributed by atoms with Crippen LogP contribution in [-0.4, -0.2) is 54.8 Å². The minimum absolute atomic E-state index is 0.00869. The summed E-state index contributed by atoms with van der Waals surface area (Å²) in [6, 6.07) is 5.70. The van der Waals surface area contributed by atoms with Crippen LogP contribution in [0.5, 0.6) is 0 Å². The smallest absolute Gasteiger partial charge is 0.241 e. The van der Waals surface area contributed by atoms with Crippen molar-refractivity contribution in [2.75, 3.05) is 32.5 Å². The number of nitrogens with zero attached hydrogens (tertiary/aromatic N) is 2. The van der Waals surface area contributed by atoms with Crippen LogP contribution in [0.2, 0.25) is 0 Å². The van der Waals surface area contributed by atoms with Crippen LogP contribution in [0.25, 0.3) is 0 Å². The predicted molar refractivity (Wildman–Crippen MR) is 97.0 cm³/mol. The SMILES string of the molecule is Cc1ccc(NC(=O)C(C)N2CCCC(C(=O)N(C)C)C2)cc1C. The molecular weight excluding hydrogens is 302 g/mol. The molecule has 1 heterocycles. The van der Waals surface area contributed by atoms with E-state index in [0.29, 0.717) is 6.54 Å². The first-order chi connectivity index (χ1) is 11.3. The Hall–Kier alpha value is -1.88. The molecule has 1 saturated heterocycles. The van der Waals surface area contributed by atoms with Gasteiger partial charge in [0.05, 0.1) is 12.0 Å². The zero-order valence-electron chi connectivity index (χ0n) is 15.4. The van der Waals surface area contributed by atoms with E-state index in [-0.39, 0.29) is 23.8 Å². The number of nitrogens with one attached hydrogen (secondary N) is 1.